The van der Waals surface area contributed by atoms with Crippen LogP contribution in [0.1, 0.15) is 44.1 Å². The Balaban J connectivity index is 2.65. The van der Waals surface area contributed by atoms with Gasteiger partial charge in [-0.15, -0.1) is 0 Å². The van der Waals surface area contributed by atoms with Crippen molar-refractivity contribution in [1.82, 2.24) is 5.32 Å². The largest absolute Gasteiger partial charge is 0.488 e. The van der Waals surface area contributed by atoms with E-state index < -0.39 is 29.5 Å². The molecule has 0 saturated heterocycles. The van der Waals surface area contributed by atoms with Crippen molar-refractivity contribution < 1.29 is 27.9 Å². The Labute approximate surface area is 156 Å². The van der Waals surface area contributed by atoms with Crippen LogP contribution >= 0.6 is 0 Å². The Morgan fingerprint density at radius 3 is 2.44 bits per heavy atom. The average Bonchev–Trinajstić information content (AvgIpc) is 2.60. The van der Waals surface area contributed by atoms with Crippen LogP contribution in [0.5, 0.6) is 5.75 Å². The first-order chi connectivity index (χ1) is 12.8. The van der Waals surface area contributed by atoms with Gasteiger partial charge in [-0.3, -0.25) is 14.4 Å². The predicted molar refractivity (Wildman–Crippen MR) is 94.6 cm³/mol. The molecule has 1 rings (SSSR count). The van der Waals surface area contributed by atoms with Crippen molar-refractivity contribution in [2.75, 3.05) is 6.61 Å². The number of hydrogen-bond donors (Lipinski definition) is 3. The highest BCUT2D eigenvalue weighted by Gasteiger charge is 2.17. The fourth-order valence-corrected chi connectivity index (χ4v) is 2.51. The molecule has 1 aromatic rings. The van der Waals surface area contributed by atoms with Gasteiger partial charge in [0, 0.05) is 18.4 Å². The van der Waals surface area contributed by atoms with E-state index in [0.717, 1.165) is 6.07 Å². The molecule has 0 bridgehead atoms. The third-order valence-corrected chi connectivity index (χ3v) is 3.98. The van der Waals surface area contributed by atoms with Crippen LogP contribution in [0.4, 0.5) is 8.78 Å². The lowest BCUT2D eigenvalue weighted by atomic mass is 10.0. The molecule has 3 amide bonds. The zero-order chi connectivity index (χ0) is 20.2. The number of nitrogens with one attached hydrogen (secondary N) is 1. The van der Waals surface area contributed by atoms with E-state index in [2.05, 4.69) is 5.32 Å². The molecule has 0 spiro atoms. The Bertz CT molecular complexity index is 656. The van der Waals surface area contributed by atoms with E-state index in [1.807, 2.05) is 0 Å². The molecule has 7 nitrogen and oxygen atoms in total. The van der Waals surface area contributed by atoms with E-state index in [9.17, 15) is 23.2 Å². The monoisotopic (exact) mass is 385 g/mol. The minimum absolute atomic E-state index is 0.0390. The Kier molecular flexibility index (Phi) is 9.78. The molecule has 0 radical (unpaired) electrons. The van der Waals surface area contributed by atoms with Crippen molar-refractivity contribution in [2.45, 2.75) is 51.0 Å². The van der Waals surface area contributed by atoms with Crippen LogP contribution < -0.4 is 21.5 Å². The zero-order valence-electron chi connectivity index (χ0n) is 15.0. The molecule has 0 aromatic heterocycles. The molecule has 0 saturated carbocycles. The summed E-state index contributed by atoms with van der Waals surface area (Å²) in [5.41, 5.74) is 10.0. The Morgan fingerprint density at radius 2 is 1.81 bits per heavy atom. The van der Waals surface area contributed by atoms with Gasteiger partial charge >= 0.3 is 0 Å². The molecule has 1 atom stereocenters. The molecule has 5 N–H and O–H groups in total. The highest BCUT2D eigenvalue weighted by molar-refractivity contribution is 5.74. The second-order valence-corrected chi connectivity index (χ2v) is 6.16. The Hall–Kier alpha value is -2.71. The molecule has 0 aliphatic heterocycles. The lowest BCUT2D eigenvalue weighted by Gasteiger charge is -2.17. The summed E-state index contributed by atoms with van der Waals surface area (Å²) in [6.07, 6.45) is 2.81. The van der Waals surface area contributed by atoms with Gasteiger partial charge in [0.15, 0.2) is 11.6 Å². The fourth-order valence-electron chi connectivity index (χ4n) is 2.51. The maximum absolute atomic E-state index is 14.5. The predicted octanol–water partition coefficient (Wildman–Crippen LogP) is 1.31. The minimum Gasteiger partial charge on any atom is -0.488 e. The molecule has 9 heteroatoms. The summed E-state index contributed by atoms with van der Waals surface area (Å²) in [5, 5.41) is 2.46. The third kappa shape index (κ3) is 8.48. The number of hydrogen-bond acceptors (Lipinski definition) is 4. The van der Waals surface area contributed by atoms with Crippen molar-refractivity contribution >= 4 is 18.2 Å². The fraction of sp³-hybridized carbons (Fsp3) is 0.500. The number of primary amides is 2. The van der Waals surface area contributed by atoms with Crippen molar-refractivity contribution in [1.29, 1.82) is 0 Å². The second-order valence-electron chi connectivity index (χ2n) is 6.16. The summed E-state index contributed by atoms with van der Waals surface area (Å²) in [5.74, 6) is -2.55. The quantitative estimate of drug-likeness (QED) is 0.330. The zero-order valence-corrected chi connectivity index (χ0v) is 15.0. The van der Waals surface area contributed by atoms with E-state index in [1.165, 1.54) is 6.07 Å². The van der Waals surface area contributed by atoms with Gasteiger partial charge in [-0.05, 0) is 37.8 Å². The summed E-state index contributed by atoms with van der Waals surface area (Å²) >= 11 is 0. The smallest absolute Gasteiger partial charge is 0.217 e. The first-order valence-corrected chi connectivity index (χ1v) is 8.71. The Morgan fingerprint density at radius 1 is 1.11 bits per heavy atom. The topological polar surface area (TPSA) is 125 Å². The number of carbonyl (C=O) groups is 3. The first kappa shape index (κ1) is 22.3. The van der Waals surface area contributed by atoms with Gasteiger partial charge in [0.1, 0.15) is 12.4 Å². The van der Waals surface area contributed by atoms with Gasteiger partial charge < -0.3 is 21.5 Å². The molecule has 27 heavy (non-hydrogen) atoms. The lowest BCUT2D eigenvalue weighted by molar-refractivity contribution is -0.119. The van der Waals surface area contributed by atoms with Crippen molar-refractivity contribution in [3.05, 3.63) is 29.3 Å². The lowest BCUT2D eigenvalue weighted by Crippen LogP contribution is -2.35. The van der Waals surface area contributed by atoms with Crippen LogP contribution in [-0.2, 0) is 20.8 Å². The molecule has 0 heterocycles. The van der Waals surface area contributed by atoms with Crippen LogP contribution in [0.2, 0.25) is 0 Å². The summed E-state index contributed by atoms with van der Waals surface area (Å²) in [6, 6.07) is 1.76. The maximum Gasteiger partial charge on any atom is 0.217 e. The van der Waals surface area contributed by atoms with Crippen LogP contribution in [-0.4, -0.2) is 30.9 Å². The molecule has 150 valence electrons. The van der Waals surface area contributed by atoms with Crippen LogP contribution in [0.25, 0.3) is 0 Å². The molecule has 0 fully saturated rings. The van der Waals surface area contributed by atoms with Gasteiger partial charge in [0.25, 0.3) is 0 Å². The van der Waals surface area contributed by atoms with Gasteiger partial charge in [-0.25, -0.2) is 8.78 Å². The van der Waals surface area contributed by atoms with Crippen LogP contribution in [0.3, 0.4) is 0 Å². The van der Waals surface area contributed by atoms with Gasteiger partial charge in [-0.1, -0.05) is 6.42 Å². The molecular formula is C18H25F2N3O4. The second kappa shape index (κ2) is 11.8. The van der Waals surface area contributed by atoms with E-state index >= 15 is 0 Å². The molecule has 0 aliphatic carbocycles. The average molecular weight is 385 g/mol. The SMILES string of the molecule is NC(=O)CCCCCc1c(F)ccc(OC[C@H](CCC(N)=O)NC=O)c1F. The maximum atomic E-state index is 14.5. The van der Waals surface area contributed by atoms with E-state index in [-0.39, 0.29) is 43.6 Å². The van der Waals surface area contributed by atoms with E-state index in [1.54, 1.807) is 0 Å². The number of nitrogens with two attached hydrogens (primary N) is 2. The van der Waals surface area contributed by atoms with Crippen molar-refractivity contribution in [3.63, 3.8) is 0 Å². The number of halogens is 2. The number of ether oxygens (including phenoxy) is 1. The van der Waals surface area contributed by atoms with Gasteiger partial charge in [0.05, 0.1) is 6.04 Å². The molecule has 0 aliphatic rings. The number of unbranched alkanes of at least 4 members (excludes halogenated alkanes) is 2. The van der Waals surface area contributed by atoms with Gasteiger partial charge in [-0.2, -0.15) is 0 Å². The summed E-state index contributed by atoms with van der Waals surface area (Å²) in [4.78, 5) is 32.1. The van der Waals surface area contributed by atoms with E-state index in [4.69, 9.17) is 16.2 Å². The normalized spacial score (nSPS) is 11.6. The van der Waals surface area contributed by atoms with Gasteiger partial charge in [0.2, 0.25) is 18.2 Å². The molecule has 0 unspecified atom stereocenters. The van der Waals surface area contributed by atoms with Crippen molar-refractivity contribution in [2.24, 2.45) is 11.5 Å². The molecule has 1 aromatic carbocycles. The molecular weight excluding hydrogens is 360 g/mol. The minimum atomic E-state index is -0.801. The van der Waals surface area contributed by atoms with Crippen LogP contribution in [0.15, 0.2) is 12.1 Å². The summed E-state index contributed by atoms with van der Waals surface area (Å²) < 4.78 is 33.8. The van der Waals surface area contributed by atoms with E-state index in [0.29, 0.717) is 25.7 Å². The summed E-state index contributed by atoms with van der Waals surface area (Å²) in [6.45, 7) is -0.0907. The highest BCUT2D eigenvalue weighted by Crippen LogP contribution is 2.25. The number of benzene rings is 1. The van der Waals surface area contributed by atoms with Crippen LogP contribution in [0, 0.1) is 11.6 Å². The number of carbonyl (C=O) groups excluding carboxylic acids is 3. The third-order valence-electron chi connectivity index (χ3n) is 3.98. The number of rotatable bonds is 14. The highest BCUT2D eigenvalue weighted by atomic mass is 19.1. The number of amides is 3. The summed E-state index contributed by atoms with van der Waals surface area (Å²) in [7, 11) is 0. The standard InChI is InChI=1S/C18H25F2N3O4/c19-14-7-8-15(27-10-12(23-11-24)6-9-17(22)26)18(20)13(14)4-2-1-3-5-16(21)25/h7-8,11-12H,1-6,9-10H2,(H2,21,25)(H2,22,26)(H,23,24)/t12-/m0/s1. The first-order valence-electron chi connectivity index (χ1n) is 8.71. The van der Waals surface area contributed by atoms with Crippen molar-refractivity contribution in [3.8, 4) is 5.75 Å².